The van der Waals surface area contributed by atoms with Crippen molar-refractivity contribution in [2.45, 2.75) is 49.0 Å². The largest absolute Gasteiger partial charge is 0.250 e. The van der Waals surface area contributed by atoms with Gasteiger partial charge in [-0.3, -0.25) is 4.98 Å². The van der Waals surface area contributed by atoms with Gasteiger partial charge in [-0.05, 0) is 41.5 Å². The molecule has 0 saturated carbocycles. The lowest BCUT2D eigenvalue weighted by Gasteiger charge is -1.77. The molecule has 3 nitrogen and oxygen atoms in total. The summed E-state index contributed by atoms with van der Waals surface area (Å²) in [5, 5.41) is 5.42. The van der Waals surface area contributed by atoms with Crippen LogP contribution in [0.1, 0.15) is 37.9 Å². The Hall–Kier alpha value is -1.11. The maximum absolute atomic E-state index is 4.23. The first-order chi connectivity index (χ1) is 9.88. The van der Waals surface area contributed by atoms with Gasteiger partial charge in [0.15, 0.2) is 0 Å². The van der Waals surface area contributed by atoms with Crippen LogP contribution in [0.5, 0.6) is 0 Å². The van der Waals surface area contributed by atoms with Gasteiger partial charge in [-0.15, -0.1) is 34.0 Å². The van der Waals surface area contributed by atoms with E-state index in [4.69, 9.17) is 0 Å². The van der Waals surface area contributed by atoms with Crippen molar-refractivity contribution in [3.63, 3.8) is 0 Å². The van der Waals surface area contributed by atoms with E-state index in [1.165, 1.54) is 20.5 Å². The number of thiazole rings is 3. The molecule has 0 aliphatic heterocycles. The Morgan fingerprint density at radius 1 is 0.818 bits per heavy atom. The number of nitrogens with zero attached hydrogens (tertiary/aromatic N) is 3. The molecule has 122 valence electrons. The molecule has 0 unspecified atom stereocenters. The average molecular weight is 356 g/mol. The summed E-state index contributed by atoms with van der Waals surface area (Å²) in [5.41, 5.74) is 1.17. The van der Waals surface area contributed by atoms with E-state index in [9.17, 15) is 0 Å². The minimum absolute atomic E-state index is 0. The zero-order valence-electron chi connectivity index (χ0n) is 13.3. The summed E-state index contributed by atoms with van der Waals surface area (Å²) in [6.45, 7) is 12.2. The van der Waals surface area contributed by atoms with Crippen molar-refractivity contribution in [1.82, 2.24) is 15.0 Å². The summed E-state index contributed by atoms with van der Waals surface area (Å²) in [6, 6.07) is 0. The molecule has 0 bridgehead atoms. The summed E-state index contributed by atoms with van der Waals surface area (Å²) in [5.74, 6) is 0. The molecule has 3 aromatic heterocycles. The Morgan fingerprint density at radius 2 is 1.50 bits per heavy atom. The van der Waals surface area contributed by atoms with Crippen LogP contribution in [0.3, 0.4) is 0 Å². The normalized spacial score (nSPS) is 9.00. The molecule has 0 N–H and O–H groups in total. The molecule has 3 aromatic rings. The standard InChI is InChI=1S/C6H9NS.C5H7NS.C4H5NS.CH4/c1-4-5(2)8-6(3)7-4;1-4-3-6-5(2)7-4;1-4-5-2-3-6-4;/h1-3H3;3H,1-2H3;2-3H,1H3;1H4. The highest BCUT2D eigenvalue weighted by Gasteiger charge is 1.95. The maximum atomic E-state index is 4.23. The Bertz CT molecular complexity index is 603. The second-order valence-corrected chi connectivity index (χ2v) is 8.36. The number of rotatable bonds is 0. The van der Waals surface area contributed by atoms with Gasteiger partial charge in [-0.2, -0.15) is 0 Å². The van der Waals surface area contributed by atoms with Crippen LogP contribution in [0.25, 0.3) is 0 Å². The molecule has 0 saturated heterocycles. The van der Waals surface area contributed by atoms with Gasteiger partial charge in [0, 0.05) is 27.5 Å². The van der Waals surface area contributed by atoms with E-state index >= 15 is 0 Å². The Kier molecular flexibility index (Phi) is 10.1. The van der Waals surface area contributed by atoms with E-state index in [2.05, 4.69) is 28.8 Å². The van der Waals surface area contributed by atoms with E-state index in [-0.39, 0.29) is 7.43 Å². The molecular weight excluding hydrogens is 330 g/mol. The molecule has 0 fully saturated rings. The van der Waals surface area contributed by atoms with Gasteiger partial charge in [0.2, 0.25) is 0 Å². The minimum Gasteiger partial charge on any atom is -0.250 e. The van der Waals surface area contributed by atoms with Gasteiger partial charge in [0.25, 0.3) is 0 Å². The predicted molar refractivity (Wildman–Crippen MR) is 101 cm³/mol. The van der Waals surface area contributed by atoms with Crippen molar-refractivity contribution in [1.29, 1.82) is 0 Å². The number of hydrogen-bond donors (Lipinski definition) is 0. The van der Waals surface area contributed by atoms with Crippen molar-refractivity contribution < 1.29 is 0 Å². The quantitative estimate of drug-likeness (QED) is 0.502. The second-order valence-electron chi connectivity index (χ2n) is 4.42. The SMILES string of the molecule is C.Cc1cnc(C)s1.Cc1nc(C)c(C)s1.Cc1nccs1. The molecule has 0 aliphatic rings. The fourth-order valence-corrected chi connectivity index (χ4v) is 3.33. The zero-order chi connectivity index (χ0) is 15.8. The summed E-state index contributed by atoms with van der Waals surface area (Å²) in [7, 11) is 0. The Morgan fingerprint density at radius 3 is 1.64 bits per heavy atom. The molecule has 6 heteroatoms. The van der Waals surface area contributed by atoms with E-state index in [0.29, 0.717) is 0 Å². The third-order valence-electron chi connectivity index (χ3n) is 2.43. The van der Waals surface area contributed by atoms with Crippen LogP contribution in [0.15, 0.2) is 17.8 Å². The van der Waals surface area contributed by atoms with Crippen LogP contribution in [0.2, 0.25) is 0 Å². The van der Waals surface area contributed by atoms with Crippen molar-refractivity contribution in [2.75, 3.05) is 0 Å². The van der Waals surface area contributed by atoms with Gasteiger partial charge in [-0.1, -0.05) is 7.43 Å². The van der Waals surface area contributed by atoms with Crippen molar-refractivity contribution in [2.24, 2.45) is 0 Å². The van der Waals surface area contributed by atoms with E-state index in [1.807, 2.05) is 39.3 Å². The fraction of sp³-hybridized carbons (Fsp3) is 0.438. The topological polar surface area (TPSA) is 38.7 Å². The molecule has 0 radical (unpaired) electrons. The lowest BCUT2D eigenvalue weighted by atomic mass is 10.4. The minimum atomic E-state index is 0. The van der Waals surface area contributed by atoms with Crippen molar-refractivity contribution >= 4 is 34.0 Å². The lowest BCUT2D eigenvalue weighted by Crippen LogP contribution is -1.71. The fourth-order valence-electron chi connectivity index (χ4n) is 1.40. The van der Waals surface area contributed by atoms with Gasteiger partial charge >= 0.3 is 0 Å². The van der Waals surface area contributed by atoms with Crippen LogP contribution in [0.4, 0.5) is 0 Å². The number of aromatic nitrogens is 3. The summed E-state index contributed by atoms with van der Waals surface area (Å²) >= 11 is 5.16. The highest BCUT2D eigenvalue weighted by atomic mass is 32.1. The predicted octanol–water partition coefficient (Wildman–Crippen LogP) is 5.92. The van der Waals surface area contributed by atoms with Gasteiger partial charge in [0.05, 0.1) is 20.7 Å². The molecular formula is C16H25N3S3. The van der Waals surface area contributed by atoms with E-state index in [1.54, 1.807) is 40.2 Å². The van der Waals surface area contributed by atoms with Crippen LogP contribution in [-0.4, -0.2) is 15.0 Å². The molecule has 3 rings (SSSR count). The lowest BCUT2D eigenvalue weighted by molar-refractivity contribution is 1.18. The number of aryl methyl sites for hydroxylation is 6. The maximum Gasteiger partial charge on any atom is 0.0899 e. The van der Waals surface area contributed by atoms with Crippen LogP contribution in [-0.2, 0) is 0 Å². The molecule has 3 heterocycles. The second kappa shape index (κ2) is 10.6. The average Bonchev–Trinajstić information content (AvgIpc) is 3.08. The summed E-state index contributed by atoms with van der Waals surface area (Å²) in [6.07, 6.45) is 3.69. The number of hydrogen-bond acceptors (Lipinski definition) is 6. The summed E-state index contributed by atoms with van der Waals surface area (Å²) < 4.78 is 0. The van der Waals surface area contributed by atoms with Crippen LogP contribution < -0.4 is 0 Å². The molecule has 0 aliphatic carbocycles. The Balaban J connectivity index is 0.000000297. The monoisotopic (exact) mass is 355 g/mol. The first kappa shape index (κ1) is 20.9. The van der Waals surface area contributed by atoms with Gasteiger partial charge in [-0.25, -0.2) is 9.97 Å². The first-order valence-electron chi connectivity index (χ1n) is 6.54. The molecule has 0 amide bonds. The van der Waals surface area contributed by atoms with Gasteiger partial charge < -0.3 is 0 Å². The molecule has 0 atom stereocenters. The third kappa shape index (κ3) is 8.36. The van der Waals surface area contributed by atoms with E-state index in [0.717, 1.165) is 10.0 Å². The highest BCUT2D eigenvalue weighted by Crippen LogP contribution is 2.14. The van der Waals surface area contributed by atoms with E-state index < -0.39 is 0 Å². The van der Waals surface area contributed by atoms with Crippen molar-refractivity contribution in [3.05, 3.63) is 48.2 Å². The van der Waals surface area contributed by atoms with Crippen LogP contribution >= 0.6 is 34.0 Å². The van der Waals surface area contributed by atoms with Crippen molar-refractivity contribution in [3.8, 4) is 0 Å². The van der Waals surface area contributed by atoms with Crippen LogP contribution in [0, 0.1) is 41.5 Å². The third-order valence-corrected chi connectivity index (χ3v) is 4.95. The summed E-state index contributed by atoms with van der Waals surface area (Å²) in [4.78, 5) is 14.8. The Labute approximate surface area is 146 Å². The highest BCUT2D eigenvalue weighted by molar-refractivity contribution is 7.11. The molecule has 22 heavy (non-hydrogen) atoms. The smallest absolute Gasteiger partial charge is 0.0899 e. The first-order valence-corrected chi connectivity index (χ1v) is 9.05. The van der Waals surface area contributed by atoms with Gasteiger partial charge in [0.1, 0.15) is 0 Å². The zero-order valence-corrected chi connectivity index (χ0v) is 15.7. The molecule has 0 spiro atoms. The molecule has 0 aromatic carbocycles.